The standard InChI is InChI=1S/C29H41NO6S/c1-4-5-6-7-8-9-10-14-21-36-24-17-19-25(20-18-24)37(34,35)22-29(2,3)27(32)26(31)28(33)30-23-15-12-11-13-16-23/h11-13,15-20,26,31H,4-10,14,21-22H2,1-3H3,(H,30,33). The SMILES string of the molecule is CCCCCCCCCCOc1ccc(S(=O)(=O)CC(C)(C)C(=O)C(O)C(=O)Nc2ccccc2)cc1. The second-order valence-corrected chi connectivity index (χ2v) is 12.0. The molecule has 0 saturated heterocycles. The van der Waals surface area contributed by atoms with Crippen molar-refractivity contribution >= 4 is 27.2 Å². The van der Waals surface area contributed by atoms with Gasteiger partial charge in [-0.2, -0.15) is 0 Å². The molecule has 0 bridgehead atoms. The molecule has 1 amide bonds. The first kappa shape index (κ1) is 30.5. The Morgan fingerprint density at radius 2 is 1.46 bits per heavy atom. The van der Waals surface area contributed by atoms with E-state index < -0.39 is 38.8 Å². The number of rotatable bonds is 17. The number of ether oxygens (including phenoxy) is 1. The van der Waals surface area contributed by atoms with E-state index >= 15 is 0 Å². The van der Waals surface area contributed by atoms with Crippen LogP contribution in [0.25, 0.3) is 0 Å². The molecule has 204 valence electrons. The van der Waals surface area contributed by atoms with Crippen LogP contribution in [0.15, 0.2) is 59.5 Å². The van der Waals surface area contributed by atoms with E-state index in [-0.39, 0.29) is 4.90 Å². The molecule has 0 aliphatic heterocycles. The lowest BCUT2D eigenvalue weighted by atomic mass is 9.87. The number of hydrogen-bond donors (Lipinski definition) is 2. The molecule has 1 atom stereocenters. The number of carbonyl (C=O) groups excluding carboxylic acids is 2. The van der Waals surface area contributed by atoms with Crippen LogP contribution in [0.5, 0.6) is 5.75 Å². The maximum atomic E-state index is 13.0. The first-order valence-electron chi connectivity index (χ1n) is 13.1. The highest BCUT2D eigenvalue weighted by molar-refractivity contribution is 7.91. The second-order valence-electron chi connectivity index (χ2n) is 10.1. The molecule has 0 aliphatic carbocycles. The van der Waals surface area contributed by atoms with Gasteiger partial charge in [-0.1, -0.05) is 83.9 Å². The van der Waals surface area contributed by atoms with Gasteiger partial charge in [-0.3, -0.25) is 9.59 Å². The molecule has 2 rings (SSSR count). The van der Waals surface area contributed by atoms with Gasteiger partial charge in [0.25, 0.3) is 5.91 Å². The number of carbonyl (C=O) groups is 2. The van der Waals surface area contributed by atoms with Gasteiger partial charge in [-0.05, 0) is 42.8 Å². The van der Waals surface area contributed by atoms with E-state index in [0.29, 0.717) is 18.0 Å². The number of Topliss-reactive ketones (excluding diaryl/α,β-unsaturated/α-hetero) is 1. The predicted octanol–water partition coefficient (Wildman–Crippen LogP) is 5.57. The number of amides is 1. The number of sulfone groups is 1. The molecule has 7 nitrogen and oxygen atoms in total. The molecule has 2 N–H and O–H groups in total. The summed E-state index contributed by atoms with van der Waals surface area (Å²) < 4.78 is 31.7. The van der Waals surface area contributed by atoms with Crippen LogP contribution in [0.2, 0.25) is 0 Å². The minimum absolute atomic E-state index is 0.0519. The number of anilines is 1. The maximum absolute atomic E-state index is 13.0. The average molecular weight is 532 g/mol. The molecule has 37 heavy (non-hydrogen) atoms. The summed E-state index contributed by atoms with van der Waals surface area (Å²) in [5.41, 5.74) is -1.06. The van der Waals surface area contributed by atoms with Gasteiger partial charge in [0.2, 0.25) is 0 Å². The Balaban J connectivity index is 1.85. The Bertz CT molecular complexity index is 1080. The third-order valence-electron chi connectivity index (χ3n) is 6.21. The van der Waals surface area contributed by atoms with E-state index in [9.17, 15) is 23.1 Å². The molecule has 0 radical (unpaired) electrons. The summed E-state index contributed by atoms with van der Waals surface area (Å²) in [4.78, 5) is 25.2. The van der Waals surface area contributed by atoms with Crippen molar-refractivity contribution in [2.24, 2.45) is 5.41 Å². The van der Waals surface area contributed by atoms with Crippen LogP contribution in [-0.4, -0.2) is 43.7 Å². The second kappa shape index (κ2) is 14.9. The minimum atomic E-state index is -3.86. The van der Waals surface area contributed by atoms with Crippen LogP contribution >= 0.6 is 0 Å². The maximum Gasteiger partial charge on any atom is 0.260 e. The highest BCUT2D eigenvalue weighted by Gasteiger charge is 2.40. The van der Waals surface area contributed by atoms with Crippen LogP contribution in [-0.2, 0) is 19.4 Å². The van der Waals surface area contributed by atoms with Crippen molar-refractivity contribution in [2.75, 3.05) is 17.7 Å². The first-order chi connectivity index (χ1) is 17.6. The number of benzene rings is 2. The fourth-order valence-corrected chi connectivity index (χ4v) is 5.83. The van der Waals surface area contributed by atoms with Gasteiger partial charge in [0, 0.05) is 11.1 Å². The largest absolute Gasteiger partial charge is 0.494 e. The van der Waals surface area contributed by atoms with E-state index in [0.717, 1.165) is 12.8 Å². The molecule has 0 heterocycles. The van der Waals surface area contributed by atoms with Crippen molar-refractivity contribution in [1.82, 2.24) is 0 Å². The summed E-state index contributed by atoms with van der Waals surface area (Å²) in [6, 6.07) is 14.5. The molecule has 1 unspecified atom stereocenters. The summed E-state index contributed by atoms with van der Waals surface area (Å²) in [7, 11) is -3.86. The summed E-state index contributed by atoms with van der Waals surface area (Å²) in [6.07, 6.45) is 7.66. The zero-order valence-electron chi connectivity index (χ0n) is 22.2. The van der Waals surface area contributed by atoms with Crippen molar-refractivity contribution in [3.05, 3.63) is 54.6 Å². The summed E-state index contributed by atoms with van der Waals surface area (Å²) in [5, 5.41) is 12.8. The van der Waals surface area contributed by atoms with Crippen LogP contribution in [0.1, 0.15) is 72.1 Å². The van der Waals surface area contributed by atoms with Crippen LogP contribution in [0.4, 0.5) is 5.69 Å². The third kappa shape index (κ3) is 10.3. The highest BCUT2D eigenvalue weighted by atomic mass is 32.2. The van der Waals surface area contributed by atoms with Crippen molar-refractivity contribution in [2.45, 2.75) is 83.1 Å². The van der Waals surface area contributed by atoms with E-state index in [1.54, 1.807) is 42.5 Å². The molecule has 0 aliphatic rings. The molecule has 0 saturated carbocycles. The molecular formula is C29H41NO6S. The zero-order chi connectivity index (χ0) is 27.3. The molecule has 0 aromatic heterocycles. The van der Waals surface area contributed by atoms with Crippen molar-refractivity contribution < 1.29 is 27.9 Å². The summed E-state index contributed by atoms with van der Waals surface area (Å²) >= 11 is 0. The number of ketones is 1. The Morgan fingerprint density at radius 3 is 2.05 bits per heavy atom. The van der Waals surface area contributed by atoms with Crippen molar-refractivity contribution in [3.63, 3.8) is 0 Å². The number of unbranched alkanes of at least 4 members (excludes halogenated alkanes) is 7. The normalized spacial score (nSPS) is 12.6. The quantitative estimate of drug-likeness (QED) is 0.204. The van der Waals surface area contributed by atoms with Gasteiger partial charge in [0.15, 0.2) is 21.7 Å². The summed E-state index contributed by atoms with van der Waals surface area (Å²) in [5.74, 6) is -1.73. The molecule has 8 heteroatoms. The Kier molecular flexibility index (Phi) is 12.3. The van der Waals surface area contributed by atoms with Crippen molar-refractivity contribution in [1.29, 1.82) is 0 Å². The average Bonchev–Trinajstić information content (AvgIpc) is 2.87. The Hall–Kier alpha value is -2.71. The van der Waals surface area contributed by atoms with E-state index in [1.807, 2.05) is 0 Å². The fourth-order valence-electron chi connectivity index (χ4n) is 4.02. The summed E-state index contributed by atoms with van der Waals surface area (Å²) in [6.45, 7) is 5.61. The van der Waals surface area contributed by atoms with Crippen LogP contribution < -0.4 is 10.1 Å². The molecule has 2 aromatic rings. The number of aliphatic hydroxyl groups is 1. The van der Waals surface area contributed by atoms with Crippen LogP contribution in [0, 0.1) is 5.41 Å². The fraction of sp³-hybridized carbons (Fsp3) is 0.517. The van der Waals surface area contributed by atoms with Crippen LogP contribution in [0.3, 0.4) is 0 Å². The topological polar surface area (TPSA) is 110 Å². The predicted molar refractivity (Wildman–Crippen MR) is 146 cm³/mol. The lowest BCUT2D eigenvalue weighted by Gasteiger charge is -2.25. The number of aliphatic hydroxyl groups excluding tert-OH is 1. The van der Waals surface area contributed by atoms with Crippen molar-refractivity contribution in [3.8, 4) is 5.75 Å². The Labute approximate surface area is 221 Å². The van der Waals surface area contributed by atoms with Gasteiger partial charge in [-0.25, -0.2) is 8.42 Å². The Morgan fingerprint density at radius 1 is 0.892 bits per heavy atom. The number of para-hydroxylation sites is 1. The number of nitrogens with one attached hydrogen (secondary N) is 1. The lowest BCUT2D eigenvalue weighted by Crippen LogP contribution is -2.45. The monoisotopic (exact) mass is 531 g/mol. The van der Waals surface area contributed by atoms with Gasteiger partial charge < -0.3 is 15.2 Å². The number of hydrogen-bond acceptors (Lipinski definition) is 6. The smallest absolute Gasteiger partial charge is 0.260 e. The van der Waals surface area contributed by atoms with Gasteiger partial charge in [-0.15, -0.1) is 0 Å². The van der Waals surface area contributed by atoms with E-state index in [4.69, 9.17) is 4.74 Å². The van der Waals surface area contributed by atoms with E-state index in [1.165, 1.54) is 64.5 Å². The third-order valence-corrected chi connectivity index (χ3v) is 8.30. The minimum Gasteiger partial charge on any atom is -0.494 e. The molecule has 0 spiro atoms. The lowest BCUT2D eigenvalue weighted by molar-refractivity contribution is -0.141. The molecular weight excluding hydrogens is 490 g/mol. The van der Waals surface area contributed by atoms with Gasteiger partial charge in [0.1, 0.15) is 5.75 Å². The first-order valence-corrected chi connectivity index (χ1v) is 14.8. The molecule has 2 aromatic carbocycles. The zero-order valence-corrected chi connectivity index (χ0v) is 23.1. The van der Waals surface area contributed by atoms with Gasteiger partial charge >= 0.3 is 0 Å². The van der Waals surface area contributed by atoms with Gasteiger partial charge in [0.05, 0.1) is 17.3 Å². The highest BCUT2D eigenvalue weighted by Crippen LogP contribution is 2.27. The van der Waals surface area contributed by atoms with E-state index in [2.05, 4.69) is 12.2 Å². The molecule has 0 fully saturated rings.